The van der Waals surface area contributed by atoms with E-state index in [4.69, 9.17) is 12.2 Å². The van der Waals surface area contributed by atoms with Gasteiger partial charge in [0.1, 0.15) is 0 Å². The molecule has 0 spiro atoms. The number of nitrogens with one attached hydrogen (secondary N) is 2. The largest absolute Gasteiger partial charge is 0.352 e. The normalized spacial score (nSPS) is 16.8. The maximum absolute atomic E-state index is 12.9. The van der Waals surface area contributed by atoms with Crippen molar-refractivity contribution in [3.63, 3.8) is 0 Å². The Labute approximate surface area is 225 Å². The molecule has 2 aromatic carbocycles. The van der Waals surface area contributed by atoms with E-state index in [1.54, 1.807) is 18.3 Å². The van der Waals surface area contributed by atoms with Crippen molar-refractivity contribution in [2.24, 2.45) is 0 Å². The lowest BCUT2D eigenvalue weighted by Crippen LogP contribution is -2.33. The summed E-state index contributed by atoms with van der Waals surface area (Å²) in [6.45, 7) is 2.35. The van der Waals surface area contributed by atoms with Crippen molar-refractivity contribution in [1.29, 1.82) is 0 Å². The molecule has 3 heterocycles. The fraction of sp³-hybridized carbons (Fsp3) is 0.179. The van der Waals surface area contributed by atoms with Crippen LogP contribution in [0.5, 0.6) is 0 Å². The maximum atomic E-state index is 12.9. The van der Waals surface area contributed by atoms with Crippen LogP contribution >= 0.6 is 12.2 Å². The zero-order valence-corrected chi connectivity index (χ0v) is 21.5. The van der Waals surface area contributed by atoms with E-state index in [1.807, 2.05) is 77.2 Å². The molecule has 10 heteroatoms. The van der Waals surface area contributed by atoms with Crippen molar-refractivity contribution in [2.45, 2.75) is 25.4 Å². The number of aryl methyl sites for hydroxylation is 1. The van der Waals surface area contributed by atoms with Crippen molar-refractivity contribution in [3.05, 3.63) is 118 Å². The Morgan fingerprint density at radius 3 is 2.55 bits per heavy atom. The predicted molar refractivity (Wildman–Crippen MR) is 149 cm³/mol. The molecule has 2 atom stereocenters. The number of amides is 1. The lowest BCUT2D eigenvalue weighted by atomic mass is 10.0. The van der Waals surface area contributed by atoms with Crippen molar-refractivity contribution in [1.82, 2.24) is 19.8 Å². The van der Waals surface area contributed by atoms with Crippen LogP contribution in [-0.4, -0.2) is 36.9 Å². The number of nitro groups is 1. The third-order valence-corrected chi connectivity index (χ3v) is 6.97. The molecule has 2 aromatic heterocycles. The Morgan fingerprint density at radius 1 is 1.08 bits per heavy atom. The molecule has 5 rings (SSSR count). The highest BCUT2D eigenvalue weighted by molar-refractivity contribution is 7.80. The summed E-state index contributed by atoms with van der Waals surface area (Å²) in [6.07, 6.45) is 3.89. The number of thiocarbonyl (C=S) groups is 1. The van der Waals surface area contributed by atoms with Gasteiger partial charge < -0.3 is 20.1 Å². The molecule has 1 aliphatic rings. The summed E-state index contributed by atoms with van der Waals surface area (Å²) >= 11 is 5.75. The van der Waals surface area contributed by atoms with Gasteiger partial charge in [-0.15, -0.1) is 0 Å². The van der Waals surface area contributed by atoms with E-state index in [0.29, 0.717) is 11.7 Å². The summed E-state index contributed by atoms with van der Waals surface area (Å²) in [5.41, 5.74) is 4.33. The number of nitro benzene ring substituents is 1. The number of carbonyl (C=O) groups excluding carboxylic acids is 1. The molecule has 38 heavy (non-hydrogen) atoms. The number of nitrogens with zero attached hydrogens (tertiary/aromatic N) is 4. The van der Waals surface area contributed by atoms with Gasteiger partial charge in [0.25, 0.3) is 5.69 Å². The number of para-hydroxylation sites is 1. The van der Waals surface area contributed by atoms with E-state index >= 15 is 0 Å². The number of benzene rings is 2. The minimum absolute atomic E-state index is 0.0267. The van der Waals surface area contributed by atoms with Gasteiger partial charge in [-0.25, -0.2) is 0 Å². The first-order valence-electron chi connectivity index (χ1n) is 12.2. The molecule has 1 fully saturated rings. The molecule has 1 saturated heterocycles. The Kier molecular flexibility index (Phi) is 7.14. The lowest BCUT2D eigenvalue weighted by Gasteiger charge is -2.29. The smallest absolute Gasteiger partial charge is 0.269 e. The number of non-ortho nitro benzene ring substituents is 1. The second-order valence-electron chi connectivity index (χ2n) is 9.01. The van der Waals surface area contributed by atoms with Gasteiger partial charge >= 0.3 is 0 Å². The van der Waals surface area contributed by atoms with Crippen molar-refractivity contribution < 1.29 is 9.72 Å². The molecule has 0 aliphatic carbocycles. The van der Waals surface area contributed by atoms with E-state index < -0.39 is 4.92 Å². The average Bonchev–Trinajstić information content (AvgIpc) is 3.53. The van der Waals surface area contributed by atoms with Gasteiger partial charge in [-0.3, -0.25) is 19.9 Å². The first-order chi connectivity index (χ1) is 18.4. The fourth-order valence-electron chi connectivity index (χ4n) is 4.72. The molecule has 9 nitrogen and oxygen atoms in total. The predicted octanol–water partition coefficient (Wildman–Crippen LogP) is 5.09. The van der Waals surface area contributed by atoms with E-state index in [9.17, 15) is 14.9 Å². The van der Waals surface area contributed by atoms with Crippen LogP contribution in [0.15, 0.2) is 91.3 Å². The van der Waals surface area contributed by atoms with Gasteiger partial charge in [0.05, 0.1) is 22.7 Å². The summed E-state index contributed by atoms with van der Waals surface area (Å²) in [5, 5.41) is 18.1. The van der Waals surface area contributed by atoms with Gasteiger partial charge in [-0.1, -0.05) is 24.3 Å². The van der Waals surface area contributed by atoms with Crippen LogP contribution in [-0.2, 0) is 4.79 Å². The van der Waals surface area contributed by atoms with Gasteiger partial charge in [0.2, 0.25) is 5.91 Å². The fourth-order valence-corrected chi connectivity index (χ4v) is 5.05. The highest BCUT2D eigenvalue weighted by Crippen LogP contribution is 2.39. The molecule has 1 aliphatic heterocycles. The first-order valence-corrected chi connectivity index (χ1v) is 12.6. The van der Waals surface area contributed by atoms with Crippen LogP contribution in [0, 0.1) is 17.0 Å². The Bertz CT molecular complexity index is 1470. The molecule has 192 valence electrons. The van der Waals surface area contributed by atoms with Crippen LogP contribution in [0.4, 0.5) is 11.4 Å². The summed E-state index contributed by atoms with van der Waals surface area (Å²) in [5.74, 6) is -0.104. The van der Waals surface area contributed by atoms with Crippen molar-refractivity contribution in [3.8, 4) is 5.69 Å². The maximum Gasteiger partial charge on any atom is 0.269 e. The minimum atomic E-state index is -0.416. The quantitative estimate of drug-likeness (QED) is 0.187. The molecular weight excluding hydrogens is 500 g/mol. The Balaban J connectivity index is 1.45. The summed E-state index contributed by atoms with van der Waals surface area (Å²) in [4.78, 5) is 30.2. The van der Waals surface area contributed by atoms with Gasteiger partial charge in [-0.2, -0.15) is 0 Å². The van der Waals surface area contributed by atoms with Gasteiger partial charge in [-0.05, 0) is 67.2 Å². The van der Waals surface area contributed by atoms with Crippen molar-refractivity contribution in [2.75, 3.05) is 11.9 Å². The lowest BCUT2D eigenvalue weighted by molar-refractivity contribution is -0.384. The van der Waals surface area contributed by atoms with E-state index in [-0.39, 0.29) is 30.1 Å². The molecule has 0 unspecified atom stereocenters. The number of anilines is 1. The number of aromatic nitrogens is 2. The van der Waals surface area contributed by atoms with Crippen LogP contribution < -0.4 is 10.6 Å². The average molecular weight is 527 g/mol. The second kappa shape index (κ2) is 10.8. The summed E-state index contributed by atoms with van der Waals surface area (Å²) in [7, 11) is 0. The zero-order valence-electron chi connectivity index (χ0n) is 20.7. The highest BCUT2D eigenvalue weighted by Gasteiger charge is 2.41. The third-order valence-electron chi connectivity index (χ3n) is 6.62. The SMILES string of the molecule is Cc1ccccc1NC(=O)CCN1C(=S)N[C@H](c2ccccn2)[C@@H]1c1cccn1-c1ccc([N+](=O)[O-])cc1. The molecule has 0 bridgehead atoms. The van der Waals surface area contributed by atoms with Crippen LogP contribution in [0.25, 0.3) is 5.69 Å². The van der Waals surface area contributed by atoms with E-state index in [1.165, 1.54) is 12.1 Å². The van der Waals surface area contributed by atoms with Gasteiger partial charge in [0.15, 0.2) is 5.11 Å². The number of pyridine rings is 1. The number of rotatable bonds is 8. The topological polar surface area (TPSA) is 105 Å². The molecular formula is C28H26N6O3S. The van der Waals surface area contributed by atoms with Crippen LogP contribution in [0.2, 0.25) is 0 Å². The van der Waals surface area contributed by atoms with Crippen molar-refractivity contribution >= 4 is 34.6 Å². The molecule has 4 aromatic rings. The first kappa shape index (κ1) is 25.1. The van der Waals surface area contributed by atoms with E-state index in [2.05, 4.69) is 15.6 Å². The summed E-state index contributed by atoms with van der Waals surface area (Å²) in [6, 6.07) is 23.2. The Hall–Kier alpha value is -4.57. The summed E-state index contributed by atoms with van der Waals surface area (Å²) < 4.78 is 1.99. The number of carbonyl (C=O) groups is 1. The second-order valence-corrected chi connectivity index (χ2v) is 9.40. The van der Waals surface area contributed by atoms with Crippen LogP contribution in [0.3, 0.4) is 0 Å². The molecule has 0 saturated carbocycles. The van der Waals surface area contributed by atoms with Gasteiger partial charge in [0, 0.05) is 54.6 Å². The monoisotopic (exact) mass is 526 g/mol. The standard InChI is InChI=1S/C28H26N6O3S/c1-19-7-2-3-8-22(19)30-25(35)15-18-33-27(26(31-28(33)38)23-9-4-5-16-29-23)24-10-6-17-32(24)20-11-13-21(14-12-20)34(36)37/h2-14,16-17,26-27H,15,18H2,1H3,(H,30,35)(H,31,38)/t26-,27+/m1/s1. The highest BCUT2D eigenvalue weighted by atomic mass is 32.1. The Morgan fingerprint density at radius 2 is 1.84 bits per heavy atom. The van der Waals surface area contributed by atoms with E-state index in [0.717, 1.165) is 28.3 Å². The molecule has 1 amide bonds. The molecule has 0 radical (unpaired) electrons. The third kappa shape index (κ3) is 5.12. The minimum Gasteiger partial charge on any atom is -0.352 e. The zero-order chi connectivity index (χ0) is 26.6. The van der Waals surface area contributed by atoms with Crippen LogP contribution in [0.1, 0.15) is 35.5 Å². The number of hydrogen-bond donors (Lipinski definition) is 2. The molecule has 2 N–H and O–H groups in total. The number of hydrogen-bond acceptors (Lipinski definition) is 5.